The fraction of sp³-hybridized carbons (Fsp3) is 0.111. The summed E-state index contributed by atoms with van der Waals surface area (Å²) < 4.78 is 2.02. The molecule has 12 heavy (non-hydrogen) atoms. The van der Waals surface area contributed by atoms with Crippen molar-refractivity contribution in [2.24, 2.45) is 0 Å². The summed E-state index contributed by atoms with van der Waals surface area (Å²) in [5, 5.41) is 9.48. The van der Waals surface area contributed by atoms with E-state index in [9.17, 15) is 5.11 Å². The highest BCUT2D eigenvalue weighted by molar-refractivity contribution is 14.1. The lowest BCUT2D eigenvalue weighted by Crippen LogP contribution is -1.94. The second-order valence-electron chi connectivity index (χ2n) is 2.35. The molecule has 3 heteroatoms. The second kappa shape index (κ2) is 4.39. The van der Waals surface area contributed by atoms with Gasteiger partial charge in [-0.2, -0.15) is 0 Å². The molecule has 1 atom stereocenters. The fourth-order valence-corrected chi connectivity index (χ4v) is 1.86. The summed E-state index contributed by atoms with van der Waals surface area (Å²) in [7, 11) is 0. The van der Waals surface area contributed by atoms with Gasteiger partial charge in [-0.05, 0) is 46.4 Å². The average Bonchev–Trinajstić information content (AvgIpc) is 2.08. The maximum atomic E-state index is 9.48. The molecular weight excluding hydrogens is 331 g/mol. The molecule has 0 aromatic heterocycles. The molecule has 0 aliphatic rings. The molecular formula is C9H8BrIO. The summed E-state index contributed by atoms with van der Waals surface area (Å²) in [6.45, 7) is 3.53. The van der Waals surface area contributed by atoms with E-state index in [1.54, 1.807) is 0 Å². The molecule has 0 amide bonds. The number of hydrogen-bond acceptors (Lipinski definition) is 1. The summed E-state index contributed by atoms with van der Waals surface area (Å²) in [6, 6.07) is 5.82. The monoisotopic (exact) mass is 338 g/mol. The molecule has 0 saturated heterocycles. The quantitative estimate of drug-likeness (QED) is 0.648. The van der Waals surface area contributed by atoms with Crippen molar-refractivity contribution in [3.8, 4) is 0 Å². The minimum Gasteiger partial charge on any atom is -0.384 e. The minimum absolute atomic E-state index is 0.589. The topological polar surface area (TPSA) is 20.2 Å². The molecule has 1 aromatic carbocycles. The van der Waals surface area contributed by atoms with Gasteiger partial charge in [0.15, 0.2) is 0 Å². The number of rotatable bonds is 2. The Morgan fingerprint density at radius 2 is 2.25 bits per heavy atom. The zero-order valence-corrected chi connectivity index (χ0v) is 10.0. The first-order valence-electron chi connectivity index (χ1n) is 3.40. The van der Waals surface area contributed by atoms with Crippen LogP contribution in [0.25, 0.3) is 0 Å². The van der Waals surface area contributed by atoms with Crippen LogP contribution in [0.5, 0.6) is 0 Å². The molecule has 1 N–H and O–H groups in total. The van der Waals surface area contributed by atoms with E-state index in [-0.39, 0.29) is 0 Å². The van der Waals surface area contributed by atoms with Gasteiger partial charge >= 0.3 is 0 Å². The van der Waals surface area contributed by atoms with Gasteiger partial charge < -0.3 is 5.11 Å². The van der Waals surface area contributed by atoms with E-state index in [1.807, 2.05) is 18.2 Å². The molecule has 1 aromatic rings. The molecule has 0 bridgehead atoms. The van der Waals surface area contributed by atoms with E-state index in [4.69, 9.17) is 0 Å². The SMILES string of the molecule is C=CC(O)c1cc(I)ccc1Br. The lowest BCUT2D eigenvalue weighted by Gasteiger charge is -2.08. The van der Waals surface area contributed by atoms with Gasteiger partial charge in [0.2, 0.25) is 0 Å². The predicted molar refractivity (Wildman–Crippen MR) is 62.0 cm³/mol. The van der Waals surface area contributed by atoms with Gasteiger partial charge in [0.25, 0.3) is 0 Å². The molecule has 0 spiro atoms. The Kier molecular flexibility index (Phi) is 3.74. The Bertz CT molecular complexity index is 299. The number of aliphatic hydroxyl groups is 1. The van der Waals surface area contributed by atoms with Crippen LogP contribution in [0.15, 0.2) is 35.3 Å². The Morgan fingerprint density at radius 3 is 2.83 bits per heavy atom. The fourth-order valence-electron chi connectivity index (χ4n) is 0.868. The van der Waals surface area contributed by atoms with Gasteiger partial charge in [-0.15, -0.1) is 6.58 Å². The lowest BCUT2D eigenvalue weighted by atomic mass is 10.1. The van der Waals surface area contributed by atoms with Gasteiger partial charge in [0.05, 0.1) is 6.10 Å². The average molecular weight is 339 g/mol. The van der Waals surface area contributed by atoms with E-state index in [2.05, 4.69) is 45.1 Å². The van der Waals surface area contributed by atoms with Crippen LogP contribution in [-0.4, -0.2) is 5.11 Å². The first-order valence-corrected chi connectivity index (χ1v) is 5.28. The van der Waals surface area contributed by atoms with Crippen LogP contribution in [0.4, 0.5) is 0 Å². The lowest BCUT2D eigenvalue weighted by molar-refractivity contribution is 0.228. The predicted octanol–water partition coefficient (Wildman–Crippen LogP) is 3.27. The Morgan fingerprint density at radius 1 is 1.58 bits per heavy atom. The van der Waals surface area contributed by atoms with Crippen LogP contribution in [-0.2, 0) is 0 Å². The molecule has 1 nitrogen and oxygen atoms in total. The first-order chi connectivity index (χ1) is 5.65. The standard InChI is InChI=1S/C9H8BrIO/c1-2-9(12)7-5-6(11)3-4-8(7)10/h2-5,9,12H,1H2. The highest BCUT2D eigenvalue weighted by Crippen LogP contribution is 2.25. The number of benzene rings is 1. The van der Waals surface area contributed by atoms with Gasteiger partial charge in [0, 0.05) is 8.04 Å². The van der Waals surface area contributed by atoms with Crippen LogP contribution in [0, 0.1) is 3.57 Å². The summed E-state index contributed by atoms with van der Waals surface area (Å²) in [5.74, 6) is 0. The minimum atomic E-state index is -0.589. The molecule has 0 fully saturated rings. The molecule has 64 valence electrons. The van der Waals surface area contributed by atoms with Crippen LogP contribution >= 0.6 is 38.5 Å². The van der Waals surface area contributed by atoms with E-state index in [1.165, 1.54) is 6.08 Å². The van der Waals surface area contributed by atoms with Crippen molar-refractivity contribution in [1.29, 1.82) is 0 Å². The van der Waals surface area contributed by atoms with Gasteiger partial charge in [-0.1, -0.05) is 22.0 Å². The van der Waals surface area contributed by atoms with E-state index < -0.39 is 6.10 Å². The summed E-state index contributed by atoms with van der Waals surface area (Å²) in [4.78, 5) is 0. The molecule has 0 radical (unpaired) electrons. The van der Waals surface area contributed by atoms with E-state index in [0.29, 0.717) is 0 Å². The normalized spacial score (nSPS) is 12.6. The van der Waals surface area contributed by atoms with E-state index in [0.717, 1.165) is 13.6 Å². The zero-order valence-electron chi connectivity index (χ0n) is 6.30. The number of hydrogen-bond donors (Lipinski definition) is 1. The molecule has 0 saturated carbocycles. The van der Waals surface area contributed by atoms with Crippen molar-refractivity contribution in [3.05, 3.63) is 44.5 Å². The molecule has 0 aliphatic heterocycles. The van der Waals surface area contributed by atoms with Gasteiger partial charge in [0.1, 0.15) is 0 Å². The summed E-state index contributed by atoms with van der Waals surface area (Å²) >= 11 is 5.57. The van der Waals surface area contributed by atoms with Crippen molar-refractivity contribution in [1.82, 2.24) is 0 Å². The highest BCUT2D eigenvalue weighted by atomic mass is 127. The van der Waals surface area contributed by atoms with Crippen molar-refractivity contribution in [2.45, 2.75) is 6.10 Å². The third-order valence-corrected chi connectivity index (χ3v) is 2.89. The van der Waals surface area contributed by atoms with Crippen molar-refractivity contribution >= 4 is 38.5 Å². The van der Waals surface area contributed by atoms with Crippen molar-refractivity contribution in [2.75, 3.05) is 0 Å². The second-order valence-corrected chi connectivity index (χ2v) is 4.45. The van der Waals surface area contributed by atoms with Crippen LogP contribution in [0.2, 0.25) is 0 Å². The largest absolute Gasteiger partial charge is 0.384 e. The maximum absolute atomic E-state index is 9.48. The number of halogens is 2. The highest BCUT2D eigenvalue weighted by Gasteiger charge is 2.07. The Hall–Kier alpha value is 0.130. The summed E-state index contributed by atoms with van der Waals surface area (Å²) in [5.41, 5.74) is 0.858. The third-order valence-electron chi connectivity index (χ3n) is 1.50. The van der Waals surface area contributed by atoms with Crippen molar-refractivity contribution < 1.29 is 5.11 Å². The van der Waals surface area contributed by atoms with E-state index >= 15 is 0 Å². The van der Waals surface area contributed by atoms with Gasteiger partial charge in [-0.3, -0.25) is 0 Å². The van der Waals surface area contributed by atoms with Crippen LogP contribution in [0.1, 0.15) is 11.7 Å². The Balaban J connectivity index is 3.12. The molecule has 0 heterocycles. The molecule has 0 aliphatic carbocycles. The third kappa shape index (κ3) is 2.31. The smallest absolute Gasteiger partial charge is 0.0980 e. The van der Waals surface area contributed by atoms with Crippen LogP contribution in [0.3, 0.4) is 0 Å². The molecule has 1 rings (SSSR count). The Labute approximate surface area is 93.8 Å². The van der Waals surface area contributed by atoms with Crippen LogP contribution < -0.4 is 0 Å². The van der Waals surface area contributed by atoms with Crippen molar-refractivity contribution in [3.63, 3.8) is 0 Å². The number of aliphatic hydroxyl groups excluding tert-OH is 1. The zero-order chi connectivity index (χ0) is 9.14. The summed E-state index contributed by atoms with van der Waals surface area (Å²) in [6.07, 6.45) is 0.921. The molecule has 1 unspecified atom stereocenters. The maximum Gasteiger partial charge on any atom is 0.0980 e. The van der Waals surface area contributed by atoms with Gasteiger partial charge in [-0.25, -0.2) is 0 Å². The first kappa shape index (κ1) is 10.2.